The highest BCUT2D eigenvalue weighted by atomic mass is 32.1. The lowest BCUT2D eigenvalue weighted by Crippen LogP contribution is -2.20. The molecule has 1 fully saturated rings. The van der Waals surface area contributed by atoms with Crippen LogP contribution in [0.5, 0.6) is 0 Å². The Bertz CT molecular complexity index is 1100. The molecular weight excluding hydrogens is 348 g/mol. The Labute approximate surface area is 153 Å². The molecule has 1 aliphatic rings. The molecule has 0 spiro atoms. The summed E-state index contributed by atoms with van der Waals surface area (Å²) in [5.74, 6) is 1.15. The van der Waals surface area contributed by atoms with Crippen molar-refractivity contribution in [2.24, 2.45) is 0 Å². The maximum Gasteiger partial charge on any atom is 0.326 e. The third kappa shape index (κ3) is 2.68. The van der Waals surface area contributed by atoms with Gasteiger partial charge in [0.2, 0.25) is 11.7 Å². The van der Waals surface area contributed by atoms with Gasteiger partial charge in [-0.2, -0.15) is 4.98 Å². The van der Waals surface area contributed by atoms with Crippen molar-refractivity contribution in [3.63, 3.8) is 0 Å². The SMILES string of the molecule is O=c1[nH]c2cc(-c3noc(Cc4cccs4)n3)ccc2n1C1CCCC1. The number of hydrogen-bond donors (Lipinski definition) is 1. The first kappa shape index (κ1) is 15.6. The number of benzene rings is 1. The summed E-state index contributed by atoms with van der Waals surface area (Å²) in [6.07, 6.45) is 5.17. The van der Waals surface area contributed by atoms with Crippen molar-refractivity contribution in [2.45, 2.75) is 38.1 Å². The van der Waals surface area contributed by atoms with E-state index in [-0.39, 0.29) is 5.69 Å². The summed E-state index contributed by atoms with van der Waals surface area (Å²) in [6, 6.07) is 10.2. The molecule has 0 aliphatic heterocycles. The number of nitrogens with one attached hydrogen (secondary N) is 1. The summed E-state index contributed by atoms with van der Waals surface area (Å²) >= 11 is 1.67. The average Bonchev–Trinajstić information content (AvgIpc) is 3.41. The van der Waals surface area contributed by atoms with E-state index in [4.69, 9.17) is 4.52 Å². The number of thiophene rings is 1. The smallest absolute Gasteiger partial charge is 0.326 e. The number of aromatic nitrogens is 4. The lowest BCUT2D eigenvalue weighted by Gasteiger charge is -2.11. The molecule has 1 N–H and O–H groups in total. The van der Waals surface area contributed by atoms with Crippen molar-refractivity contribution in [1.29, 1.82) is 0 Å². The Kier molecular flexibility index (Phi) is 3.74. The fraction of sp³-hybridized carbons (Fsp3) is 0.316. The van der Waals surface area contributed by atoms with Crippen LogP contribution >= 0.6 is 11.3 Å². The minimum absolute atomic E-state index is 0.0319. The lowest BCUT2D eigenvalue weighted by atomic mass is 10.1. The van der Waals surface area contributed by atoms with Crippen molar-refractivity contribution in [1.82, 2.24) is 19.7 Å². The highest BCUT2D eigenvalue weighted by molar-refractivity contribution is 7.09. The van der Waals surface area contributed by atoms with Crippen molar-refractivity contribution in [2.75, 3.05) is 0 Å². The summed E-state index contributed by atoms with van der Waals surface area (Å²) in [7, 11) is 0. The van der Waals surface area contributed by atoms with Gasteiger partial charge in [0.15, 0.2) is 0 Å². The van der Waals surface area contributed by atoms with Crippen LogP contribution in [0.4, 0.5) is 0 Å². The number of imidazole rings is 1. The average molecular weight is 366 g/mol. The molecule has 7 heteroatoms. The van der Waals surface area contributed by atoms with Crippen molar-refractivity contribution < 1.29 is 4.52 Å². The first-order valence-corrected chi connectivity index (χ1v) is 9.75. The van der Waals surface area contributed by atoms with Crippen LogP contribution < -0.4 is 5.69 Å². The molecule has 3 heterocycles. The summed E-state index contributed by atoms with van der Waals surface area (Å²) in [6.45, 7) is 0. The van der Waals surface area contributed by atoms with Crippen LogP contribution in [0, 0.1) is 0 Å². The number of fused-ring (bicyclic) bond motifs is 1. The number of rotatable bonds is 4. The molecule has 0 atom stereocenters. The van der Waals surface area contributed by atoms with Crippen molar-refractivity contribution >= 4 is 22.4 Å². The van der Waals surface area contributed by atoms with E-state index >= 15 is 0 Å². The van der Waals surface area contributed by atoms with E-state index in [2.05, 4.69) is 21.2 Å². The topological polar surface area (TPSA) is 76.7 Å². The van der Waals surface area contributed by atoms with E-state index in [9.17, 15) is 4.79 Å². The summed E-state index contributed by atoms with van der Waals surface area (Å²) in [5.41, 5.74) is 2.59. The quantitative estimate of drug-likeness (QED) is 0.589. The van der Waals surface area contributed by atoms with Gasteiger partial charge in [-0.25, -0.2) is 4.79 Å². The van der Waals surface area contributed by atoms with Gasteiger partial charge < -0.3 is 9.51 Å². The number of aromatic amines is 1. The van der Waals surface area contributed by atoms with E-state index in [0.717, 1.165) is 29.4 Å². The molecule has 0 bridgehead atoms. The van der Waals surface area contributed by atoms with Crippen molar-refractivity contribution in [3.05, 3.63) is 57.0 Å². The molecule has 0 amide bonds. The Hall–Kier alpha value is -2.67. The first-order valence-electron chi connectivity index (χ1n) is 8.87. The molecule has 4 aromatic rings. The van der Waals surface area contributed by atoms with Gasteiger partial charge in [-0.3, -0.25) is 4.57 Å². The third-order valence-corrected chi connectivity index (χ3v) is 5.91. The van der Waals surface area contributed by atoms with E-state index in [1.165, 1.54) is 17.7 Å². The second kappa shape index (κ2) is 6.25. The Balaban J connectivity index is 1.48. The molecule has 3 aromatic heterocycles. The van der Waals surface area contributed by atoms with Crippen molar-refractivity contribution in [3.8, 4) is 11.4 Å². The largest absolute Gasteiger partial charge is 0.339 e. The van der Waals surface area contributed by atoms with Gasteiger partial charge in [0, 0.05) is 16.5 Å². The molecule has 1 aliphatic carbocycles. The molecular formula is C19H18N4O2S. The van der Waals surface area contributed by atoms with Crippen LogP contribution in [0.25, 0.3) is 22.4 Å². The second-order valence-corrected chi connectivity index (χ2v) is 7.77. The van der Waals surface area contributed by atoms with Gasteiger partial charge in [0.25, 0.3) is 0 Å². The molecule has 1 aromatic carbocycles. The fourth-order valence-corrected chi connectivity index (χ4v) is 4.50. The second-order valence-electron chi connectivity index (χ2n) is 6.74. The molecule has 6 nitrogen and oxygen atoms in total. The monoisotopic (exact) mass is 366 g/mol. The Morgan fingerprint density at radius 2 is 2.15 bits per heavy atom. The zero-order valence-corrected chi connectivity index (χ0v) is 15.0. The van der Waals surface area contributed by atoms with Gasteiger partial charge >= 0.3 is 5.69 Å². The predicted octanol–water partition coefficient (Wildman–Crippen LogP) is 4.15. The van der Waals surface area contributed by atoms with Gasteiger partial charge in [-0.15, -0.1) is 11.3 Å². The molecule has 0 unspecified atom stereocenters. The summed E-state index contributed by atoms with van der Waals surface area (Å²) in [4.78, 5) is 21.1. The Morgan fingerprint density at radius 3 is 2.96 bits per heavy atom. The zero-order valence-electron chi connectivity index (χ0n) is 14.1. The highest BCUT2D eigenvalue weighted by Gasteiger charge is 2.21. The normalized spacial score (nSPS) is 15.2. The van der Waals surface area contributed by atoms with Gasteiger partial charge in [-0.05, 0) is 42.5 Å². The predicted molar refractivity (Wildman–Crippen MR) is 100 cm³/mol. The van der Waals surface area contributed by atoms with E-state index in [1.54, 1.807) is 11.3 Å². The molecule has 132 valence electrons. The summed E-state index contributed by atoms with van der Waals surface area (Å²) < 4.78 is 7.29. The third-order valence-electron chi connectivity index (χ3n) is 5.04. The fourth-order valence-electron chi connectivity index (χ4n) is 3.80. The number of H-pyrrole nitrogens is 1. The van der Waals surface area contributed by atoms with Gasteiger partial charge in [0.05, 0.1) is 17.5 Å². The van der Waals surface area contributed by atoms with Gasteiger partial charge in [-0.1, -0.05) is 24.1 Å². The lowest BCUT2D eigenvalue weighted by molar-refractivity contribution is 0.386. The van der Waals surface area contributed by atoms with E-state index in [0.29, 0.717) is 24.2 Å². The molecule has 0 saturated heterocycles. The van der Waals surface area contributed by atoms with E-state index in [1.807, 2.05) is 34.2 Å². The van der Waals surface area contributed by atoms with Crippen LogP contribution in [0.3, 0.4) is 0 Å². The summed E-state index contributed by atoms with van der Waals surface area (Å²) in [5, 5.41) is 6.13. The maximum absolute atomic E-state index is 12.4. The zero-order chi connectivity index (χ0) is 17.5. The Morgan fingerprint density at radius 1 is 1.27 bits per heavy atom. The van der Waals surface area contributed by atoms with Crippen LogP contribution in [-0.4, -0.2) is 19.7 Å². The maximum atomic E-state index is 12.4. The van der Waals surface area contributed by atoms with E-state index < -0.39 is 0 Å². The first-order chi connectivity index (χ1) is 12.8. The van der Waals surface area contributed by atoms with Crippen LogP contribution in [0.15, 0.2) is 45.0 Å². The number of hydrogen-bond acceptors (Lipinski definition) is 5. The van der Waals surface area contributed by atoms with Crippen LogP contribution in [0.2, 0.25) is 0 Å². The molecule has 1 saturated carbocycles. The van der Waals surface area contributed by atoms with Crippen LogP contribution in [0.1, 0.15) is 42.5 Å². The molecule has 5 rings (SSSR count). The molecule has 26 heavy (non-hydrogen) atoms. The highest BCUT2D eigenvalue weighted by Crippen LogP contribution is 2.31. The molecule has 0 radical (unpaired) electrons. The van der Waals surface area contributed by atoms with Crippen LogP contribution in [-0.2, 0) is 6.42 Å². The number of nitrogens with zero attached hydrogens (tertiary/aromatic N) is 3. The van der Waals surface area contributed by atoms with Gasteiger partial charge in [0.1, 0.15) is 0 Å². The minimum atomic E-state index is -0.0319. The minimum Gasteiger partial charge on any atom is -0.339 e. The standard InChI is InChI=1S/C19H18N4O2S/c24-19-20-15-10-12(7-8-16(15)23(19)13-4-1-2-5-13)18-21-17(25-22-18)11-14-6-3-9-26-14/h3,6-10,13H,1-2,4-5,11H2,(H,20,24).